The monoisotopic (exact) mass is 294 g/mol. The summed E-state index contributed by atoms with van der Waals surface area (Å²) < 4.78 is 0. The minimum atomic E-state index is -0.480. The van der Waals surface area contributed by atoms with Crippen LogP contribution in [0.5, 0.6) is 0 Å². The topological polar surface area (TPSA) is 66.6 Å². The maximum atomic E-state index is 12.5. The third kappa shape index (κ3) is 3.42. The lowest BCUT2D eigenvalue weighted by Crippen LogP contribution is -2.54. The molecule has 1 aliphatic heterocycles. The summed E-state index contributed by atoms with van der Waals surface area (Å²) >= 11 is 0. The van der Waals surface area contributed by atoms with Gasteiger partial charge in [-0.2, -0.15) is 0 Å². The van der Waals surface area contributed by atoms with E-state index in [1.165, 1.54) is 6.42 Å². The highest BCUT2D eigenvalue weighted by Crippen LogP contribution is 2.40. The smallest absolute Gasteiger partial charge is 0.222 e. The van der Waals surface area contributed by atoms with E-state index >= 15 is 0 Å². The summed E-state index contributed by atoms with van der Waals surface area (Å²) in [5.41, 5.74) is 5.46. The molecule has 2 unspecified atom stereocenters. The number of hydrogen-bond acceptors (Lipinski definition) is 3. The summed E-state index contributed by atoms with van der Waals surface area (Å²) in [6.07, 6.45) is 10.2. The van der Waals surface area contributed by atoms with Crippen molar-refractivity contribution in [1.29, 1.82) is 0 Å². The van der Waals surface area contributed by atoms with E-state index in [-0.39, 0.29) is 0 Å². The molecule has 0 radical (unpaired) electrons. The fourth-order valence-corrected chi connectivity index (χ4v) is 4.57. The lowest BCUT2D eigenvalue weighted by atomic mass is 9.71. The van der Waals surface area contributed by atoms with Gasteiger partial charge in [0.25, 0.3) is 0 Å². The van der Waals surface area contributed by atoms with Crippen molar-refractivity contribution in [2.75, 3.05) is 13.1 Å². The van der Waals surface area contributed by atoms with Crippen molar-refractivity contribution >= 4 is 5.91 Å². The van der Waals surface area contributed by atoms with Crippen molar-refractivity contribution in [2.24, 2.45) is 17.6 Å². The van der Waals surface area contributed by atoms with Crippen LogP contribution < -0.4 is 5.73 Å². The van der Waals surface area contributed by atoms with E-state index in [4.69, 9.17) is 5.73 Å². The maximum Gasteiger partial charge on any atom is 0.222 e. The van der Waals surface area contributed by atoms with Crippen LogP contribution in [0.15, 0.2) is 0 Å². The van der Waals surface area contributed by atoms with Crippen LogP contribution in [0.4, 0.5) is 0 Å². The minimum absolute atomic E-state index is 0.308. The number of piperidine rings is 1. The summed E-state index contributed by atoms with van der Waals surface area (Å²) in [5.74, 6) is 1.15. The van der Waals surface area contributed by atoms with E-state index in [0.29, 0.717) is 30.2 Å². The second-order valence-corrected chi connectivity index (χ2v) is 7.62. The number of likely N-dealkylation sites (tertiary alicyclic amines) is 1. The van der Waals surface area contributed by atoms with Crippen LogP contribution in [-0.4, -0.2) is 40.6 Å². The quantitative estimate of drug-likeness (QED) is 0.819. The van der Waals surface area contributed by atoms with Crippen molar-refractivity contribution in [3.8, 4) is 0 Å². The Kier molecular flexibility index (Phi) is 4.55. The van der Waals surface area contributed by atoms with Crippen LogP contribution in [0.2, 0.25) is 0 Å². The number of carbonyl (C=O) groups excluding carboxylic acids is 1. The fraction of sp³-hybridized carbons (Fsp3) is 0.941. The minimum Gasteiger partial charge on any atom is -0.389 e. The molecule has 0 aromatic heterocycles. The summed E-state index contributed by atoms with van der Waals surface area (Å²) in [7, 11) is 0. The van der Waals surface area contributed by atoms with Crippen LogP contribution in [0.3, 0.4) is 0 Å². The van der Waals surface area contributed by atoms with Crippen LogP contribution in [0.1, 0.15) is 64.2 Å². The molecule has 3 aliphatic rings. The van der Waals surface area contributed by atoms with Gasteiger partial charge in [-0.05, 0) is 50.9 Å². The third-order valence-corrected chi connectivity index (χ3v) is 6.14. The van der Waals surface area contributed by atoms with Crippen LogP contribution in [0.25, 0.3) is 0 Å². The molecule has 0 bridgehead atoms. The first-order valence-electron chi connectivity index (χ1n) is 8.82. The highest BCUT2D eigenvalue weighted by Gasteiger charge is 2.43. The van der Waals surface area contributed by atoms with E-state index < -0.39 is 5.60 Å². The van der Waals surface area contributed by atoms with E-state index in [2.05, 4.69) is 0 Å². The van der Waals surface area contributed by atoms with Gasteiger partial charge in [0.1, 0.15) is 0 Å². The van der Waals surface area contributed by atoms with E-state index in [1.807, 2.05) is 4.90 Å². The van der Waals surface area contributed by atoms with Crippen molar-refractivity contribution in [1.82, 2.24) is 4.90 Å². The third-order valence-electron chi connectivity index (χ3n) is 6.14. The number of hydrogen-bond donors (Lipinski definition) is 2. The van der Waals surface area contributed by atoms with Gasteiger partial charge in [0.05, 0.1) is 5.60 Å². The molecule has 3 N–H and O–H groups in total. The van der Waals surface area contributed by atoms with Gasteiger partial charge in [-0.1, -0.05) is 12.8 Å². The van der Waals surface area contributed by atoms with Gasteiger partial charge in [0.15, 0.2) is 0 Å². The van der Waals surface area contributed by atoms with Gasteiger partial charge in [0.2, 0.25) is 5.91 Å². The predicted octanol–water partition coefficient (Wildman–Crippen LogP) is 2.05. The normalized spacial score (nSPS) is 40.7. The van der Waals surface area contributed by atoms with E-state index in [9.17, 15) is 9.90 Å². The molecular formula is C17H30N2O2. The fourth-order valence-electron chi connectivity index (χ4n) is 4.57. The van der Waals surface area contributed by atoms with Gasteiger partial charge in [-0.15, -0.1) is 0 Å². The lowest BCUT2D eigenvalue weighted by molar-refractivity contribution is -0.144. The van der Waals surface area contributed by atoms with Crippen molar-refractivity contribution in [3.63, 3.8) is 0 Å². The molecule has 2 atom stereocenters. The standard InChI is InChI=1S/C17H30N2O2/c18-15-6-4-13(5-7-15)11-16(20)19-10-9-17(21)8-2-1-3-14(17)12-19/h13-15,21H,1-12,18H2. The number of amides is 1. The maximum absolute atomic E-state index is 12.5. The zero-order valence-electron chi connectivity index (χ0n) is 13.1. The van der Waals surface area contributed by atoms with Crippen molar-refractivity contribution in [3.05, 3.63) is 0 Å². The Hall–Kier alpha value is -0.610. The number of aliphatic hydroxyl groups is 1. The molecule has 120 valence electrons. The van der Waals surface area contributed by atoms with Gasteiger partial charge < -0.3 is 15.7 Å². The number of rotatable bonds is 2. The summed E-state index contributed by atoms with van der Waals surface area (Å²) in [5, 5.41) is 10.7. The van der Waals surface area contributed by atoms with Crippen LogP contribution in [0, 0.1) is 11.8 Å². The highest BCUT2D eigenvalue weighted by atomic mass is 16.3. The molecule has 1 saturated heterocycles. The second-order valence-electron chi connectivity index (χ2n) is 7.62. The molecule has 3 rings (SSSR count). The first-order valence-corrected chi connectivity index (χ1v) is 8.82. The summed E-state index contributed by atoms with van der Waals surface area (Å²) in [6, 6.07) is 0.351. The molecule has 21 heavy (non-hydrogen) atoms. The van der Waals surface area contributed by atoms with Crippen molar-refractivity contribution < 1.29 is 9.90 Å². The highest BCUT2D eigenvalue weighted by molar-refractivity contribution is 5.76. The van der Waals surface area contributed by atoms with Gasteiger partial charge >= 0.3 is 0 Å². The Balaban J connectivity index is 1.52. The van der Waals surface area contributed by atoms with E-state index in [1.54, 1.807) is 0 Å². The zero-order valence-corrected chi connectivity index (χ0v) is 13.1. The molecule has 0 aromatic carbocycles. The van der Waals surface area contributed by atoms with Crippen LogP contribution >= 0.6 is 0 Å². The Morgan fingerprint density at radius 3 is 2.67 bits per heavy atom. The predicted molar refractivity (Wildman–Crippen MR) is 82.7 cm³/mol. The first kappa shape index (κ1) is 15.3. The Bertz CT molecular complexity index is 379. The first-order chi connectivity index (χ1) is 10.1. The molecule has 3 fully saturated rings. The molecule has 0 aromatic rings. The van der Waals surface area contributed by atoms with Gasteiger partial charge in [-0.25, -0.2) is 0 Å². The Labute approximate surface area is 128 Å². The summed E-state index contributed by atoms with van der Waals surface area (Å²) in [4.78, 5) is 14.6. The van der Waals surface area contributed by atoms with Crippen LogP contribution in [-0.2, 0) is 4.79 Å². The second kappa shape index (κ2) is 6.25. The number of carbonyl (C=O) groups is 1. The average molecular weight is 294 g/mol. The number of nitrogens with zero attached hydrogens (tertiary/aromatic N) is 1. The van der Waals surface area contributed by atoms with Gasteiger partial charge in [-0.3, -0.25) is 4.79 Å². The largest absolute Gasteiger partial charge is 0.389 e. The molecule has 1 amide bonds. The lowest BCUT2D eigenvalue weighted by Gasteiger charge is -2.47. The molecule has 4 nitrogen and oxygen atoms in total. The van der Waals surface area contributed by atoms with Gasteiger partial charge in [0, 0.05) is 31.5 Å². The summed E-state index contributed by atoms with van der Waals surface area (Å²) in [6.45, 7) is 1.53. The van der Waals surface area contributed by atoms with E-state index in [0.717, 1.165) is 64.5 Å². The van der Waals surface area contributed by atoms with Crippen molar-refractivity contribution in [2.45, 2.75) is 75.9 Å². The zero-order chi connectivity index (χ0) is 14.9. The molecule has 0 spiro atoms. The average Bonchev–Trinajstić information content (AvgIpc) is 2.48. The molecule has 1 heterocycles. The SMILES string of the molecule is NC1CCC(CC(=O)N2CCC3(O)CCCCC3C2)CC1. The number of fused-ring (bicyclic) bond motifs is 1. The molecular weight excluding hydrogens is 264 g/mol. The number of nitrogens with two attached hydrogens (primary N) is 1. The molecule has 2 aliphatic carbocycles. The molecule has 2 saturated carbocycles. The molecule has 4 heteroatoms. The Morgan fingerprint density at radius 2 is 1.90 bits per heavy atom. The Morgan fingerprint density at radius 1 is 1.14 bits per heavy atom.